The maximum atomic E-state index is 2.46. The van der Waals surface area contributed by atoms with Crippen LogP contribution in [0.1, 0.15) is 65.7 Å². The molecule has 0 aromatic carbocycles. The van der Waals surface area contributed by atoms with Gasteiger partial charge in [0.15, 0.2) is 0 Å². The summed E-state index contributed by atoms with van der Waals surface area (Å²) in [5.41, 5.74) is 0. The second-order valence-electron chi connectivity index (χ2n) is 4.89. The van der Waals surface area contributed by atoms with Gasteiger partial charge in [0, 0.05) is 0 Å². The Labute approximate surface area is 84.1 Å². The van der Waals surface area contributed by atoms with Crippen LogP contribution < -0.4 is 0 Å². The number of hydrogen-bond acceptors (Lipinski definition) is 0. The summed E-state index contributed by atoms with van der Waals surface area (Å²) in [4.78, 5) is 0. The van der Waals surface area contributed by atoms with Gasteiger partial charge in [-0.05, 0) is 24.2 Å². The lowest BCUT2D eigenvalue weighted by atomic mass is 9.96. The standard InChI is InChI=1S/C13H26/c1-4-6-7-8-9-11(3)13-10-12(13)5-2/h11-13H,4-10H2,1-3H3. The molecule has 0 bridgehead atoms. The maximum absolute atomic E-state index is 2.46. The molecule has 0 aromatic rings. The summed E-state index contributed by atoms with van der Waals surface area (Å²) in [5.74, 6) is 3.22. The van der Waals surface area contributed by atoms with E-state index in [-0.39, 0.29) is 0 Å². The molecule has 0 aromatic heterocycles. The van der Waals surface area contributed by atoms with Crippen molar-refractivity contribution in [3.05, 3.63) is 0 Å². The first kappa shape index (κ1) is 11.1. The minimum atomic E-state index is 1.02. The lowest BCUT2D eigenvalue weighted by Gasteiger charge is -2.10. The van der Waals surface area contributed by atoms with E-state index in [9.17, 15) is 0 Å². The first-order valence-electron chi connectivity index (χ1n) is 6.29. The first-order valence-corrected chi connectivity index (χ1v) is 6.29. The zero-order valence-corrected chi connectivity index (χ0v) is 9.68. The highest BCUT2D eigenvalue weighted by atomic mass is 14.4. The fourth-order valence-electron chi connectivity index (χ4n) is 2.54. The molecule has 0 aliphatic heterocycles. The molecule has 0 heterocycles. The van der Waals surface area contributed by atoms with Gasteiger partial charge in [0.05, 0.1) is 0 Å². The van der Waals surface area contributed by atoms with Crippen molar-refractivity contribution >= 4 is 0 Å². The van der Waals surface area contributed by atoms with Crippen molar-refractivity contribution in [3.63, 3.8) is 0 Å². The van der Waals surface area contributed by atoms with E-state index in [1.165, 1.54) is 44.9 Å². The van der Waals surface area contributed by atoms with Gasteiger partial charge in [-0.2, -0.15) is 0 Å². The first-order chi connectivity index (χ1) is 6.29. The van der Waals surface area contributed by atoms with Crippen molar-refractivity contribution in [2.24, 2.45) is 17.8 Å². The molecule has 0 amide bonds. The van der Waals surface area contributed by atoms with Crippen LogP contribution in [0.15, 0.2) is 0 Å². The highest BCUT2D eigenvalue weighted by molar-refractivity contribution is 4.88. The zero-order chi connectivity index (χ0) is 9.68. The average molecular weight is 182 g/mol. The quantitative estimate of drug-likeness (QED) is 0.503. The Hall–Kier alpha value is 0. The van der Waals surface area contributed by atoms with E-state index < -0.39 is 0 Å². The third-order valence-electron chi connectivity index (χ3n) is 3.75. The van der Waals surface area contributed by atoms with Crippen molar-refractivity contribution in [3.8, 4) is 0 Å². The average Bonchev–Trinajstić information content (AvgIpc) is 2.91. The molecule has 0 heteroatoms. The fraction of sp³-hybridized carbons (Fsp3) is 1.00. The van der Waals surface area contributed by atoms with Crippen LogP contribution in [0.25, 0.3) is 0 Å². The molecule has 3 atom stereocenters. The van der Waals surface area contributed by atoms with E-state index in [0.29, 0.717) is 0 Å². The second kappa shape index (κ2) is 5.67. The van der Waals surface area contributed by atoms with E-state index in [4.69, 9.17) is 0 Å². The monoisotopic (exact) mass is 182 g/mol. The van der Waals surface area contributed by atoms with Crippen molar-refractivity contribution < 1.29 is 0 Å². The smallest absolute Gasteiger partial charge is 0.0357 e. The number of unbranched alkanes of at least 4 members (excludes halogenated alkanes) is 3. The van der Waals surface area contributed by atoms with Crippen LogP contribution in [-0.2, 0) is 0 Å². The van der Waals surface area contributed by atoms with Gasteiger partial charge >= 0.3 is 0 Å². The summed E-state index contributed by atoms with van der Waals surface area (Å²) in [6.07, 6.45) is 10.2. The van der Waals surface area contributed by atoms with Crippen LogP contribution in [0, 0.1) is 17.8 Å². The van der Waals surface area contributed by atoms with Gasteiger partial charge in [0.1, 0.15) is 0 Å². The third-order valence-corrected chi connectivity index (χ3v) is 3.75. The molecule has 1 aliphatic rings. The summed E-state index contributed by atoms with van der Waals surface area (Å²) in [5, 5.41) is 0. The minimum Gasteiger partial charge on any atom is -0.0654 e. The van der Waals surface area contributed by atoms with Gasteiger partial charge in [-0.15, -0.1) is 0 Å². The summed E-state index contributed by atoms with van der Waals surface area (Å²) in [6.45, 7) is 7.10. The summed E-state index contributed by atoms with van der Waals surface area (Å²) in [7, 11) is 0. The fourth-order valence-corrected chi connectivity index (χ4v) is 2.54. The lowest BCUT2D eigenvalue weighted by Crippen LogP contribution is -1.99. The SMILES string of the molecule is CCCCCCC(C)C1CC1CC. The molecule has 1 fully saturated rings. The largest absolute Gasteiger partial charge is 0.0654 e. The topological polar surface area (TPSA) is 0 Å². The molecule has 0 saturated heterocycles. The second-order valence-corrected chi connectivity index (χ2v) is 4.89. The van der Waals surface area contributed by atoms with Gasteiger partial charge in [-0.25, -0.2) is 0 Å². The van der Waals surface area contributed by atoms with Crippen molar-refractivity contribution in [2.75, 3.05) is 0 Å². The molecule has 13 heavy (non-hydrogen) atoms. The predicted octanol–water partition coefficient (Wildman–Crippen LogP) is 4.64. The van der Waals surface area contributed by atoms with Crippen LogP contribution in [0.3, 0.4) is 0 Å². The van der Waals surface area contributed by atoms with E-state index in [1.807, 2.05) is 0 Å². The molecule has 3 unspecified atom stereocenters. The Morgan fingerprint density at radius 3 is 2.46 bits per heavy atom. The van der Waals surface area contributed by atoms with Crippen LogP contribution in [-0.4, -0.2) is 0 Å². The van der Waals surface area contributed by atoms with E-state index in [2.05, 4.69) is 20.8 Å². The van der Waals surface area contributed by atoms with E-state index in [1.54, 1.807) is 0 Å². The van der Waals surface area contributed by atoms with Gasteiger partial charge in [-0.3, -0.25) is 0 Å². The normalized spacial score (nSPS) is 28.8. The number of hydrogen-bond donors (Lipinski definition) is 0. The Kier molecular flexibility index (Phi) is 4.83. The predicted molar refractivity (Wildman–Crippen MR) is 59.8 cm³/mol. The van der Waals surface area contributed by atoms with Crippen molar-refractivity contribution in [2.45, 2.75) is 65.7 Å². The highest BCUT2D eigenvalue weighted by Crippen LogP contribution is 2.47. The highest BCUT2D eigenvalue weighted by Gasteiger charge is 2.38. The van der Waals surface area contributed by atoms with Crippen molar-refractivity contribution in [1.82, 2.24) is 0 Å². The molecule has 0 N–H and O–H groups in total. The summed E-state index contributed by atoms with van der Waals surface area (Å²) < 4.78 is 0. The van der Waals surface area contributed by atoms with Gasteiger partial charge in [0.2, 0.25) is 0 Å². The number of rotatable bonds is 7. The molecule has 78 valence electrons. The van der Waals surface area contributed by atoms with Crippen molar-refractivity contribution in [1.29, 1.82) is 0 Å². The Balaban J connectivity index is 1.96. The van der Waals surface area contributed by atoms with Crippen LogP contribution in [0.4, 0.5) is 0 Å². The van der Waals surface area contributed by atoms with E-state index >= 15 is 0 Å². The van der Waals surface area contributed by atoms with Crippen LogP contribution >= 0.6 is 0 Å². The van der Waals surface area contributed by atoms with Gasteiger partial charge in [-0.1, -0.05) is 59.3 Å². The molecular weight excluding hydrogens is 156 g/mol. The van der Waals surface area contributed by atoms with Crippen LogP contribution in [0.5, 0.6) is 0 Å². The molecule has 0 spiro atoms. The molecule has 1 saturated carbocycles. The Bertz CT molecular complexity index is 128. The molecule has 1 rings (SSSR count). The molecule has 0 nitrogen and oxygen atoms in total. The third kappa shape index (κ3) is 3.70. The zero-order valence-electron chi connectivity index (χ0n) is 9.68. The summed E-state index contributed by atoms with van der Waals surface area (Å²) >= 11 is 0. The molecule has 1 aliphatic carbocycles. The van der Waals surface area contributed by atoms with E-state index in [0.717, 1.165) is 17.8 Å². The van der Waals surface area contributed by atoms with Gasteiger partial charge < -0.3 is 0 Å². The lowest BCUT2D eigenvalue weighted by molar-refractivity contribution is 0.416. The minimum absolute atomic E-state index is 1.02. The Morgan fingerprint density at radius 2 is 1.92 bits per heavy atom. The van der Waals surface area contributed by atoms with Crippen LogP contribution in [0.2, 0.25) is 0 Å². The van der Waals surface area contributed by atoms with Gasteiger partial charge in [0.25, 0.3) is 0 Å². The molecule has 0 radical (unpaired) electrons. The molecular formula is C13H26. The maximum Gasteiger partial charge on any atom is -0.0357 e. The Morgan fingerprint density at radius 1 is 1.15 bits per heavy atom. The summed E-state index contributed by atoms with van der Waals surface area (Å²) in [6, 6.07) is 0.